The van der Waals surface area contributed by atoms with Gasteiger partial charge in [0.25, 0.3) is 0 Å². The van der Waals surface area contributed by atoms with Crippen LogP contribution in [-0.2, 0) is 19.1 Å². The van der Waals surface area contributed by atoms with Gasteiger partial charge in [0.1, 0.15) is 6.10 Å². The SMILES string of the molecule is C=C(C)[C@@H]1CCC2(C(=O)NC3CCC(CN4CCCCC4)C3)CC[C@]3(C)[C@H](CC[C@@H]4[C@@]5(C)CC[C@H](OC(=O)CCC(=O)O)C(C)(C)[C@@H]5CC[C@]43C)[C@@H]12. The van der Waals surface area contributed by atoms with Crippen LogP contribution in [0.2, 0.25) is 0 Å². The van der Waals surface area contributed by atoms with E-state index in [9.17, 15) is 14.4 Å². The minimum atomic E-state index is -0.957. The van der Waals surface area contributed by atoms with Crippen LogP contribution < -0.4 is 5.32 Å². The summed E-state index contributed by atoms with van der Waals surface area (Å²) in [5.74, 6) is 2.11. The Kier molecular flexibility index (Phi) is 10.3. The molecule has 0 aromatic heterocycles. The predicted octanol–water partition coefficient (Wildman–Crippen LogP) is 9.19. The van der Waals surface area contributed by atoms with Gasteiger partial charge in [0.05, 0.1) is 18.3 Å². The molecule has 0 spiro atoms. The standard InChI is InChI=1S/C45H72N2O5/c1-29(2)32-17-22-45(40(51)46-31-12-11-30(27-31)28-47-25-9-8-10-26-47)24-23-43(6)33(39(32)45)13-14-35-42(5)20-19-36(52-38(50)16-15-37(48)49)41(3,4)34(42)18-21-44(35,43)7/h30-36,39H,1,8-28H2,2-7H3,(H,46,51)(H,48,49)/t30?,31?,32-,33+,34-,35+,36-,39+,42-,43+,44+,45?/m0/s1. The summed E-state index contributed by atoms with van der Waals surface area (Å²) in [6, 6.07) is 0.327. The second-order valence-corrected chi connectivity index (χ2v) is 20.8. The maximum absolute atomic E-state index is 14.8. The zero-order chi connectivity index (χ0) is 37.3. The van der Waals surface area contributed by atoms with Crippen molar-refractivity contribution in [3.05, 3.63) is 12.2 Å². The highest BCUT2D eigenvalue weighted by Gasteiger charge is 2.72. The van der Waals surface area contributed by atoms with Crippen molar-refractivity contribution in [2.45, 2.75) is 169 Å². The first-order valence-corrected chi connectivity index (χ1v) is 21.7. The molecule has 7 aliphatic rings. The Bertz CT molecular complexity index is 1400. The van der Waals surface area contributed by atoms with E-state index in [1.165, 1.54) is 70.2 Å². The Morgan fingerprint density at radius 3 is 2.27 bits per heavy atom. The lowest BCUT2D eigenvalue weighted by Crippen LogP contribution is -2.67. The van der Waals surface area contributed by atoms with Gasteiger partial charge in [0.2, 0.25) is 5.91 Å². The minimum Gasteiger partial charge on any atom is -0.481 e. The second kappa shape index (κ2) is 14.0. The number of allylic oxidation sites excluding steroid dienone is 1. The van der Waals surface area contributed by atoms with Crippen LogP contribution in [0.15, 0.2) is 12.2 Å². The molecule has 6 aliphatic carbocycles. The molecule has 2 N–H and O–H groups in total. The minimum absolute atomic E-state index is 0.0595. The fraction of sp³-hybridized carbons (Fsp3) is 0.889. The second-order valence-electron chi connectivity index (χ2n) is 20.8. The number of amides is 1. The van der Waals surface area contributed by atoms with Crippen LogP contribution in [0.25, 0.3) is 0 Å². The van der Waals surface area contributed by atoms with Gasteiger partial charge in [0, 0.05) is 18.0 Å². The van der Waals surface area contributed by atoms with Gasteiger partial charge < -0.3 is 20.1 Å². The smallest absolute Gasteiger partial charge is 0.306 e. The number of rotatable bonds is 9. The third-order valence-corrected chi connectivity index (χ3v) is 18.1. The molecular formula is C45H72N2O5. The van der Waals surface area contributed by atoms with Gasteiger partial charge in [-0.3, -0.25) is 14.4 Å². The number of hydrogen-bond donors (Lipinski definition) is 2. The van der Waals surface area contributed by atoms with Crippen LogP contribution in [0, 0.1) is 62.6 Å². The molecular weight excluding hydrogens is 649 g/mol. The zero-order valence-corrected chi connectivity index (χ0v) is 33.7. The maximum atomic E-state index is 14.8. The molecule has 1 aliphatic heterocycles. The topological polar surface area (TPSA) is 95.9 Å². The summed E-state index contributed by atoms with van der Waals surface area (Å²) in [4.78, 5) is 41.4. The van der Waals surface area contributed by atoms with Crippen LogP contribution >= 0.6 is 0 Å². The van der Waals surface area contributed by atoms with E-state index in [2.05, 4.69) is 58.3 Å². The number of carboxylic acids is 1. The average molecular weight is 721 g/mol. The maximum Gasteiger partial charge on any atom is 0.306 e. The number of esters is 1. The number of aliphatic carboxylic acids is 1. The van der Waals surface area contributed by atoms with Gasteiger partial charge >= 0.3 is 11.9 Å². The predicted molar refractivity (Wildman–Crippen MR) is 205 cm³/mol. The Morgan fingerprint density at radius 2 is 1.56 bits per heavy atom. The average Bonchev–Trinajstić information content (AvgIpc) is 3.71. The molecule has 7 heteroatoms. The normalized spacial score (nSPS) is 45.5. The number of piperidine rings is 1. The highest BCUT2D eigenvalue weighted by molar-refractivity contribution is 5.84. The molecule has 6 saturated carbocycles. The summed E-state index contributed by atoms with van der Waals surface area (Å²) in [7, 11) is 0. The summed E-state index contributed by atoms with van der Waals surface area (Å²) < 4.78 is 6.07. The van der Waals surface area contributed by atoms with E-state index in [1.54, 1.807) is 0 Å². The van der Waals surface area contributed by atoms with Gasteiger partial charge in [-0.2, -0.15) is 0 Å². The van der Waals surface area contributed by atoms with E-state index in [4.69, 9.17) is 9.84 Å². The molecule has 7 nitrogen and oxygen atoms in total. The van der Waals surface area contributed by atoms with Gasteiger partial charge in [-0.1, -0.05) is 53.2 Å². The fourth-order valence-electron chi connectivity index (χ4n) is 15.4. The molecule has 1 amide bonds. The Morgan fingerprint density at radius 1 is 0.808 bits per heavy atom. The molecule has 1 saturated heterocycles. The summed E-state index contributed by atoms with van der Waals surface area (Å²) in [6.07, 6.45) is 18.0. The van der Waals surface area contributed by atoms with Crippen LogP contribution in [0.3, 0.4) is 0 Å². The Hall–Kier alpha value is -1.89. The first kappa shape index (κ1) is 38.4. The Labute approximate surface area is 315 Å². The first-order chi connectivity index (χ1) is 24.5. The van der Waals surface area contributed by atoms with Crippen molar-refractivity contribution in [2.75, 3.05) is 19.6 Å². The third-order valence-electron chi connectivity index (χ3n) is 18.1. The number of carbonyl (C=O) groups is 3. The molecule has 0 bridgehead atoms. The van der Waals surface area contributed by atoms with Crippen LogP contribution in [0.5, 0.6) is 0 Å². The van der Waals surface area contributed by atoms with Gasteiger partial charge in [-0.25, -0.2) is 0 Å². The molecule has 292 valence electrons. The van der Waals surface area contributed by atoms with Crippen LogP contribution in [-0.4, -0.2) is 59.6 Å². The van der Waals surface area contributed by atoms with E-state index in [-0.39, 0.29) is 52.0 Å². The number of carbonyl (C=O) groups excluding carboxylic acids is 2. The van der Waals surface area contributed by atoms with Crippen LogP contribution in [0.1, 0.15) is 157 Å². The summed E-state index contributed by atoms with van der Waals surface area (Å²) >= 11 is 0. The summed E-state index contributed by atoms with van der Waals surface area (Å²) in [5, 5.41) is 12.9. The number of ether oxygens (including phenoxy) is 1. The fourth-order valence-corrected chi connectivity index (χ4v) is 15.4. The summed E-state index contributed by atoms with van der Waals surface area (Å²) in [5.41, 5.74) is 1.33. The number of fused-ring (bicyclic) bond motifs is 7. The molecule has 0 radical (unpaired) electrons. The number of nitrogens with zero attached hydrogens (tertiary/aromatic N) is 1. The van der Waals surface area contributed by atoms with E-state index in [0.717, 1.165) is 57.8 Å². The monoisotopic (exact) mass is 721 g/mol. The lowest BCUT2D eigenvalue weighted by Gasteiger charge is -2.72. The van der Waals surface area contributed by atoms with Crippen LogP contribution in [0.4, 0.5) is 0 Å². The van der Waals surface area contributed by atoms with Crippen molar-refractivity contribution in [3.63, 3.8) is 0 Å². The van der Waals surface area contributed by atoms with Crippen molar-refractivity contribution < 1.29 is 24.2 Å². The largest absolute Gasteiger partial charge is 0.481 e. The van der Waals surface area contributed by atoms with Crippen molar-refractivity contribution in [3.8, 4) is 0 Å². The molecule has 0 aromatic carbocycles. The summed E-state index contributed by atoms with van der Waals surface area (Å²) in [6.45, 7) is 23.0. The first-order valence-electron chi connectivity index (χ1n) is 21.7. The number of likely N-dealkylation sites (tertiary alicyclic amines) is 1. The quantitative estimate of drug-likeness (QED) is 0.182. The van der Waals surface area contributed by atoms with Crippen molar-refractivity contribution >= 4 is 17.8 Å². The van der Waals surface area contributed by atoms with Crippen molar-refractivity contribution in [2.24, 2.45) is 62.6 Å². The van der Waals surface area contributed by atoms with Gasteiger partial charge in [-0.05, 0) is 168 Å². The van der Waals surface area contributed by atoms with Crippen molar-refractivity contribution in [1.29, 1.82) is 0 Å². The highest BCUT2D eigenvalue weighted by Crippen LogP contribution is 2.77. The Balaban J connectivity index is 1.09. The lowest BCUT2D eigenvalue weighted by molar-refractivity contribution is -0.249. The van der Waals surface area contributed by atoms with E-state index < -0.39 is 5.97 Å². The third kappa shape index (κ3) is 6.21. The van der Waals surface area contributed by atoms with E-state index in [0.29, 0.717) is 47.5 Å². The molecule has 1 heterocycles. The van der Waals surface area contributed by atoms with Gasteiger partial charge in [-0.15, -0.1) is 0 Å². The van der Waals surface area contributed by atoms with Gasteiger partial charge in [0.15, 0.2) is 0 Å². The molecule has 12 atom stereocenters. The highest BCUT2D eigenvalue weighted by atomic mass is 16.5. The molecule has 3 unspecified atom stereocenters. The number of carboxylic acid groups (broad SMARTS) is 1. The number of hydrogen-bond acceptors (Lipinski definition) is 5. The zero-order valence-electron chi connectivity index (χ0n) is 33.7. The molecule has 0 aromatic rings. The number of nitrogens with one attached hydrogen (secondary N) is 1. The lowest BCUT2D eigenvalue weighted by atomic mass is 9.32. The molecule has 52 heavy (non-hydrogen) atoms. The van der Waals surface area contributed by atoms with E-state index in [1.807, 2.05) is 0 Å². The van der Waals surface area contributed by atoms with Crippen molar-refractivity contribution in [1.82, 2.24) is 10.2 Å². The van der Waals surface area contributed by atoms with E-state index >= 15 is 0 Å². The molecule has 7 rings (SSSR count). The molecule has 7 fully saturated rings.